The minimum Gasteiger partial charge on any atom is -0.481 e. The van der Waals surface area contributed by atoms with Gasteiger partial charge in [-0.25, -0.2) is 4.68 Å². The van der Waals surface area contributed by atoms with Gasteiger partial charge < -0.3 is 10.0 Å². The largest absolute Gasteiger partial charge is 0.481 e. The highest BCUT2D eigenvalue weighted by molar-refractivity contribution is 5.80. The molecule has 3 aromatic rings. The average Bonchev–Trinajstić information content (AvgIpc) is 3.29. The Balaban J connectivity index is 1.54. The van der Waals surface area contributed by atoms with Gasteiger partial charge in [-0.3, -0.25) is 9.59 Å². The Morgan fingerprint density at radius 2 is 1.75 bits per heavy atom. The molecule has 2 aromatic carbocycles. The Kier molecular flexibility index (Phi) is 7.35. The number of nitrogens with zero attached hydrogens (tertiary/aromatic N) is 4. The number of carbonyl (C=O) groups excluding carboxylic acids is 1. The Bertz CT molecular complexity index is 1260. The van der Waals surface area contributed by atoms with E-state index in [9.17, 15) is 14.7 Å². The van der Waals surface area contributed by atoms with Gasteiger partial charge in [-0.05, 0) is 60.1 Å². The SMILES string of the molecule is Cc1c2ccc3c1nnn3CCCCCCCCCC(=O)N1CCc3ccc(cc3C1)C2CC(=O)O. The number of fused-ring (bicyclic) bond motifs is 10. The smallest absolute Gasteiger partial charge is 0.304 e. The van der Waals surface area contributed by atoms with Crippen LogP contribution in [-0.4, -0.2) is 43.4 Å². The summed E-state index contributed by atoms with van der Waals surface area (Å²) < 4.78 is 1.99. The molecule has 36 heavy (non-hydrogen) atoms. The molecule has 6 rings (SSSR count). The number of benzene rings is 2. The quantitative estimate of drug-likeness (QED) is 0.524. The number of carboxylic acids is 1. The van der Waals surface area contributed by atoms with Crippen molar-refractivity contribution >= 4 is 22.9 Å². The summed E-state index contributed by atoms with van der Waals surface area (Å²) in [5.41, 5.74) is 7.20. The van der Waals surface area contributed by atoms with Gasteiger partial charge in [-0.2, -0.15) is 0 Å². The van der Waals surface area contributed by atoms with Gasteiger partial charge in [0.2, 0.25) is 5.91 Å². The second-order valence-electron chi connectivity index (χ2n) is 10.4. The van der Waals surface area contributed by atoms with E-state index >= 15 is 0 Å². The van der Waals surface area contributed by atoms with Gasteiger partial charge in [0.25, 0.3) is 0 Å². The number of carbonyl (C=O) groups is 2. The zero-order valence-electron chi connectivity index (χ0n) is 21.2. The molecular formula is C29H36N4O3. The number of aliphatic carboxylic acids is 1. The van der Waals surface area contributed by atoms with Crippen molar-refractivity contribution < 1.29 is 14.7 Å². The minimum absolute atomic E-state index is 0.00190. The van der Waals surface area contributed by atoms with Crippen molar-refractivity contribution in [2.45, 2.75) is 90.1 Å². The van der Waals surface area contributed by atoms with E-state index in [4.69, 9.17) is 0 Å². The van der Waals surface area contributed by atoms with Gasteiger partial charge >= 0.3 is 5.97 Å². The van der Waals surface area contributed by atoms with Crippen LogP contribution in [0.1, 0.15) is 91.5 Å². The molecule has 1 aromatic heterocycles. The maximum atomic E-state index is 12.9. The highest BCUT2D eigenvalue weighted by atomic mass is 16.4. The molecule has 0 fully saturated rings. The molecule has 4 heterocycles. The van der Waals surface area contributed by atoms with Crippen LogP contribution in [0.4, 0.5) is 0 Å². The van der Waals surface area contributed by atoms with E-state index in [2.05, 4.69) is 34.6 Å². The Morgan fingerprint density at radius 3 is 2.56 bits per heavy atom. The lowest BCUT2D eigenvalue weighted by atomic mass is 9.83. The maximum absolute atomic E-state index is 12.9. The van der Waals surface area contributed by atoms with Crippen molar-refractivity contribution in [1.82, 2.24) is 19.9 Å². The van der Waals surface area contributed by atoms with Crippen molar-refractivity contribution in [1.29, 1.82) is 0 Å². The average molecular weight is 489 g/mol. The van der Waals surface area contributed by atoms with Crippen LogP contribution in [-0.2, 0) is 29.1 Å². The van der Waals surface area contributed by atoms with Crippen LogP contribution in [0, 0.1) is 6.92 Å². The molecule has 190 valence electrons. The van der Waals surface area contributed by atoms with Crippen LogP contribution in [0.25, 0.3) is 11.0 Å². The Labute approximate surface area is 212 Å². The Hall–Kier alpha value is -3.22. The number of aryl methyl sites for hydroxylation is 2. The second kappa shape index (κ2) is 10.8. The number of amides is 1. The number of hydrogen-bond donors (Lipinski definition) is 1. The lowest BCUT2D eigenvalue weighted by Gasteiger charge is -2.30. The van der Waals surface area contributed by atoms with Crippen LogP contribution in [0.5, 0.6) is 0 Å². The number of carboxylic acid groups (broad SMARTS) is 1. The predicted molar refractivity (Wildman–Crippen MR) is 139 cm³/mol. The van der Waals surface area contributed by atoms with Crippen LogP contribution >= 0.6 is 0 Å². The molecule has 0 aliphatic carbocycles. The van der Waals surface area contributed by atoms with E-state index in [1.165, 1.54) is 24.8 Å². The fourth-order valence-electron chi connectivity index (χ4n) is 5.89. The molecule has 3 aliphatic rings. The van der Waals surface area contributed by atoms with Gasteiger partial charge in [0.15, 0.2) is 0 Å². The third-order valence-corrected chi connectivity index (χ3v) is 7.99. The van der Waals surface area contributed by atoms with Gasteiger partial charge in [0.05, 0.1) is 11.9 Å². The zero-order chi connectivity index (χ0) is 25.1. The van der Waals surface area contributed by atoms with E-state index in [-0.39, 0.29) is 18.2 Å². The first-order chi connectivity index (χ1) is 17.5. The summed E-state index contributed by atoms with van der Waals surface area (Å²) in [6, 6.07) is 10.4. The van der Waals surface area contributed by atoms with Gasteiger partial charge in [0.1, 0.15) is 5.52 Å². The topological polar surface area (TPSA) is 88.3 Å². The van der Waals surface area contributed by atoms with E-state index in [1.54, 1.807) is 0 Å². The fraction of sp³-hybridized carbons (Fsp3) is 0.517. The predicted octanol–water partition coefficient (Wildman–Crippen LogP) is 5.37. The molecule has 1 atom stereocenters. The second-order valence-corrected chi connectivity index (χ2v) is 10.4. The fourth-order valence-corrected chi connectivity index (χ4v) is 5.89. The normalized spacial score (nSPS) is 19.6. The standard InChI is InChI=1S/C29H36N4O3/c1-20-24-12-13-26-29(20)30-31-33(26)15-8-6-4-2-3-5-7-9-27(34)32-16-14-21-10-11-22(17-23(21)19-32)25(24)18-28(35)36/h10-13,17,25H,2-9,14-16,18-19H2,1H3,(H,35,36). The van der Waals surface area contributed by atoms with E-state index in [0.29, 0.717) is 13.0 Å². The highest BCUT2D eigenvalue weighted by Gasteiger charge is 2.25. The number of hydrogen-bond acceptors (Lipinski definition) is 4. The maximum Gasteiger partial charge on any atom is 0.304 e. The molecule has 1 N–H and O–H groups in total. The summed E-state index contributed by atoms with van der Waals surface area (Å²) >= 11 is 0. The number of aromatic nitrogens is 3. The molecule has 7 nitrogen and oxygen atoms in total. The molecule has 0 saturated carbocycles. The van der Waals surface area contributed by atoms with E-state index in [1.807, 2.05) is 22.6 Å². The molecule has 0 saturated heterocycles. The van der Waals surface area contributed by atoms with Crippen molar-refractivity contribution in [2.75, 3.05) is 6.54 Å². The Morgan fingerprint density at radius 1 is 0.972 bits per heavy atom. The first-order valence-corrected chi connectivity index (χ1v) is 13.4. The van der Waals surface area contributed by atoms with Gasteiger partial charge in [-0.1, -0.05) is 61.6 Å². The number of rotatable bonds is 2. The van der Waals surface area contributed by atoms with Crippen LogP contribution in [0.2, 0.25) is 0 Å². The van der Waals surface area contributed by atoms with Crippen molar-refractivity contribution in [3.63, 3.8) is 0 Å². The van der Waals surface area contributed by atoms with Crippen LogP contribution in [0.15, 0.2) is 30.3 Å². The van der Waals surface area contributed by atoms with Crippen LogP contribution in [0.3, 0.4) is 0 Å². The lowest BCUT2D eigenvalue weighted by molar-refractivity contribution is -0.137. The van der Waals surface area contributed by atoms with Crippen molar-refractivity contribution in [3.05, 3.63) is 58.1 Å². The third kappa shape index (κ3) is 5.15. The van der Waals surface area contributed by atoms with Crippen molar-refractivity contribution in [2.24, 2.45) is 0 Å². The van der Waals surface area contributed by atoms with E-state index < -0.39 is 5.97 Å². The molecule has 7 bridgehead atoms. The molecule has 1 amide bonds. The molecule has 3 aliphatic heterocycles. The molecular weight excluding hydrogens is 452 g/mol. The summed E-state index contributed by atoms with van der Waals surface area (Å²) in [4.78, 5) is 26.8. The monoisotopic (exact) mass is 488 g/mol. The summed E-state index contributed by atoms with van der Waals surface area (Å²) in [5.74, 6) is -0.881. The van der Waals surface area contributed by atoms with Crippen LogP contribution < -0.4 is 0 Å². The molecule has 0 radical (unpaired) electrons. The first kappa shape index (κ1) is 24.5. The molecule has 1 unspecified atom stereocenters. The van der Waals surface area contributed by atoms with E-state index in [0.717, 1.165) is 78.5 Å². The first-order valence-electron chi connectivity index (χ1n) is 13.4. The zero-order valence-corrected chi connectivity index (χ0v) is 21.2. The van der Waals surface area contributed by atoms with Crippen molar-refractivity contribution in [3.8, 4) is 0 Å². The minimum atomic E-state index is -0.830. The highest BCUT2D eigenvalue weighted by Crippen LogP contribution is 2.35. The summed E-state index contributed by atoms with van der Waals surface area (Å²) in [6.45, 7) is 4.23. The third-order valence-electron chi connectivity index (χ3n) is 7.99. The summed E-state index contributed by atoms with van der Waals surface area (Å²) in [5, 5.41) is 18.7. The summed E-state index contributed by atoms with van der Waals surface area (Å²) in [6.07, 6.45) is 9.32. The van der Waals surface area contributed by atoms with Gasteiger partial charge in [-0.15, -0.1) is 5.10 Å². The van der Waals surface area contributed by atoms with Gasteiger partial charge in [0, 0.05) is 32.0 Å². The molecule has 0 spiro atoms. The lowest BCUT2D eigenvalue weighted by Crippen LogP contribution is -2.35. The molecule has 7 heteroatoms. The summed E-state index contributed by atoms with van der Waals surface area (Å²) in [7, 11) is 0.